The van der Waals surface area contributed by atoms with Gasteiger partial charge in [0.1, 0.15) is 6.54 Å². The third-order valence-electron chi connectivity index (χ3n) is 3.05. The summed E-state index contributed by atoms with van der Waals surface area (Å²) in [5.41, 5.74) is 1.48. The predicted molar refractivity (Wildman–Crippen MR) is 69.4 cm³/mol. The molecule has 0 unspecified atom stereocenters. The van der Waals surface area contributed by atoms with Crippen molar-refractivity contribution in [2.75, 3.05) is 0 Å². The maximum absolute atomic E-state index is 2.31. The number of unbranched alkanes of at least 4 members (excludes halogenated alkanes) is 4. The number of halogens is 1. The molecule has 0 aromatic carbocycles. The average Bonchev–Trinajstić information content (AvgIpc) is 2.33. The van der Waals surface area contributed by atoms with Crippen LogP contribution in [0, 0.1) is 0 Å². The van der Waals surface area contributed by atoms with Gasteiger partial charge < -0.3 is 4.70 Å². The highest BCUT2D eigenvalue weighted by molar-refractivity contribution is 5.06. The summed E-state index contributed by atoms with van der Waals surface area (Å²) in [4.78, 5) is 0. The molecule has 2 heteroatoms. The molecular weight excluding hydrogens is 213 g/mol. The molecular formula is C15H26FN. The lowest BCUT2D eigenvalue weighted by Gasteiger charge is -2.00. The molecule has 0 aliphatic heterocycles. The van der Waals surface area contributed by atoms with Crippen molar-refractivity contribution in [3.05, 3.63) is 30.1 Å². The van der Waals surface area contributed by atoms with Crippen LogP contribution in [0.2, 0.25) is 0 Å². The second-order valence-electron chi connectivity index (χ2n) is 4.61. The molecule has 0 aliphatic carbocycles. The van der Waals surface area contributed by atoms with E-state index in [9.17, 15) is 0 Å². The van der Waals surface area contributed by atoms with Crippen LogP contribution >= 0.6 is 0 Å². The molecule has 0 bridgehead atoms. The molecule has 0 aliphatic rings. The normalized spacial score (nSPS) is 10.0. The van der Waals surface area contributed by atoms with Crippen LogP contribution in [0.4, 0.5) is 0 Å². The monoisotopic (exact) mass is 239 g/mol. The third-order valence-corrected chi connectivity index (χ3v) is 3.05. The molecule has 1 heterocycles. The van der Waals surface area contributed by atoms with Crippen molar-refractivity contribution in [1.82, 2.24) is 0 Å². The Morgan fingerprint density at radius 3 is 2.12 bits per heavy atom. The summed E-state index contributed by atoms with van der Waals surface area (Å²) in [6.07, 6.45) is 13.6. The quantitative estimate of drug-likeness (QED) is 0.469. The lowest BCUT2D eigenvalue weighted by molar-refractivity contribution is -0.697. The first-order chi connectivity index (χ1) is 7.86. The van der Waals surface area contributed by atoms with Crippen molar-refractivity contribution >= 4 is 0 Å². The van der Waals surface area contributed by atoms with Gasteiger partial charge in [-0.2, -0.15) is 0 Å². The molecule has 1 aromatic heterocycles. The number of pyridine rings is 1. The van der Waals surface area contributed by atoms with Gasteiger partial charge in [-0.1, -0.05) is 33.1 Å². The minimum absolute atomic E-state index is 0. The highest BCUT2D eigenvalue weighted by atomic mass is 19.0. The van der Waals surface area contributed by atoms with Crippen LogP contribution in [0.3, 0.4) is 0 Å². The summed E-state index contributed by atoms with van der Waals surface area (Å²) in [5, 5.41) is 0. The largest absolute Gasteiger partial charge is 1.00 e. The number of nitrogens with zero attached hydrogens (tertiary/aromatic N) is 1. The second kappa shape index (κ2) is 10.2. The lowest BCUT2D eigenvalue weighted by atomic mass is 10.1. The second-order valence-corrected chi connectivity index (χ2v) is 4.61. The van der Waals surface area contributed by atoms with Gasteiger partial charge in [-0.05, 0) is 24.8 Å². The fraction of sp³-hybridized carbons (Fsp3) is 0.667. The van der Waals surface area contributed by atoms with Gasteiger partial charge in [-0.25, -0.2) is 4.57 Å². The first-order valence-corrected chi connectivity index (χ1v) is 6.84. The van der Waals surface area contributed by atoms with Gasteiger partial charge in [0.05, 0.1) is 0 Å². The van der Waals surface area contributed by atoms with Crippen LogP contribution in [-0.4, -0.2) is 0 Å². The zero-order valence-corrected chi connectivity index (χ0v) is 11.3. The number of rotatable bonds is 8. The van der Waals surface area contributed by atoms with E-state index >= 15 is 0 Å². The summed E-state index contributed by atoms with van der Waals surface area (Å²) >= 11 is 0. The van der Waals surface area contributed by atoms with Gasteiger partial charge in [0.15, 0.2) is 12.4 Å². The third kappa shape index (κ3) is 7.09. The minimum atomic E-state index is 0. The van der Waals surface area contributed by atoms with E-state index in [0.29, 0.717) is 0 Å². The summed E-state index contributed by atoms with van der Waals surface area (Å²) in [6, 6.07) is 4.55. The molecule has 0 saturated carbocycles. The van der Waals surface area contributed by atoms with Crippen molar-refractivity contribution in [2.24, 2.45) is 0 Å². The Hall–Kier alpha value is -0.920. The Morgan fingerprint density at radius 2 is 1.53 bits per heavy atom. The van der Waals surface area contributed by atoms with Gasteiger partial charge in [0.25, 0.3) is 0 Å². The van der Waals surface area contributed by atoms with Crippen molar-refractivity contribution in [3.8, 4) is 0 Å². The molecule has 1 rings (SSSR count). The van der Waals surface area contributed by atoms with Gasteiger partial charge in [0, 0.05) is 18.6 Å². The van der Waals surface area contributed by atoms with E-state index in [-0.39, 0.29) is 4.70 Å². The average molecular weight is 239 g/mol. The summed E-state index contributed by atoms with van der Waals surface area (Å²) in [7, 11) is 0. The molecule has 0 fully saturated rings. The smallest absolute Gasteiger partial charge is 0.169 e. The van der Waals surface area contributed by atoms with E-state index in [0.717, 1.165) is 0 Å². The summed E-state index contributed by atoms with van der Waals surface area (Å²) in [5.74, 6) is 0. The van der Waals surface area contributed by atoms with Crippen LogP contribution in [-0.2, 0) is 13.0 Å². The summed E-state index contributed by atoms with van der Waals surface area (Å²) in [6.45, 7) is 5.68. The van der Waals surface area contributed by atoms with Crippen molar-refractivity contribution in [2.45, 2.75) is 65.3 Å². The van der Waals surface area contributed by atoms with Crippen molar-refractivity contribution in [3.63, 3.8) is 0 Å². The number of hydrogen-bond acceptors (Lipinski definition) is 0. The van der Waals surface area contributed by atoms with E-state index in [1.807, 2.05) is 0 Å². The van der Waals surface area contributed by atoms with E-state index in [1.165, 1.54) is 57.1 Å². The van der Waals surface area contributed by atoms with Gasteiger partial charge in [0.2, 0.25) is 0 Å². The maximum Gasteiger partial charge on any atom is 0.169 e. The molecule has 0 saturated heterocycles. The van der Waals surface area contributed by atoms with Crippen molar-refractivity contribution in [1.29, 1.82) is 0 Å². The fourth-order valence-electron chi connectivity index (χ4n) is 1.91. The zero-order valence-electron chi connectivity index (χ0n) is 11.3. The summed E-state index contributed by atoms with van der Waals surface area (Å²) < 4.78 is 2.31. The maximum atomic E-state index is 2.31. The van der Waals surface area contributed by atoms with Crippen LogP contribution in [0.25, 0.3) is 0 Å². The molecule has 98 valence electrons. The number of aromatic nitrogens is 1. The first-order valence-electron chi connectivity index (χ1n) is 6.84. The lowest BCUT2D eigenvalue weighted by Crippen LogP contribution is -3.00. The Balaban J connectivity index is 0.00000256. The van der Waals surface area contributed by atoms with Crippen LogP contribution in [0.1, 0.15) is 57.9 Å². The Morgan fingerprint density at radius 1 is 0.882 bits per heavy atom. The number of hydrogen-bond donors (Lipinski definition) is 0. The number of aryl methyl sites for hydroxylation is 2. The molecule has 1 nitrogen and oxygen atoms in total. The van der Waals surface area contributed by atoms with E-state index in [4.69, 9.17) is 0 Å². The molecule has 1 aromatic rings. The van der Waals surface area contributed by atoms with E-state index in [1.54, 1.807) is 0 Å². The molecule has 0 amide bonds. The Labute approximate surface area is 105 Å². The van der Waals surface area contributed by atoms with Crippen molar-refractivity contribution < 1.29 is 9.27 Å². The minimum Gasteiger partial charge on any atom is -1.00 e. The van der Waals surface area contributed by atoms with Gasteiger partial charge in [-0.15, -0.1) is 0 Å². The molecule has 0 N–H and O–H groups in total. The standard InChI is InChI=1S/C15H26N.FH/c1-3-5-7-8-12-16-13-10-15(11-14-16)9-6-4-2;/h10-11,13-14H,3-9,12H2,1-2H3;1H/q+1;/p-1. The SMILES string of the molecule is CCCCCC[n+]1ccc(CCCC)cc1.[F-]. The highest BCUT2D eigenvalue weighted by Gasteiger charge is 2.00. The van der Waals surface area contributed by atoms with E-state index in [2.05, 4.69) is 42.9 Å². The van der Waals surface area contributed by atoms with E-state index < -0.39 is 0 Å². The van der Waals surface area contributed by atoms with Crippen LogP contribution < -0.4 is 9.27 Å². The Bertz CT molecular complexity index is 269. The molecule has 0 spiro atoms. The zero-order chi connectivity index (χ0) is 11.6. The van der Waals surface area contributed by atoms with Gasteiger partial charge in [-0.3, -0.25) is 0 Å². The predicted octanol–water partition coefficient (Wildman–Crippen LogP) is 0.901. The fourth-order valence-corrected chi connectivity index (χ4v) is 1.91. The highest BCUT2D eigenvalue weighted by Crippen LogP contribution is 2.03. The topological polar surface area (TPSA) is 3.88 Å². The van der Waals surface area contributed by atoms with Crippen LogP contribution in [0.5, 0.6) is 0 Å². The molecule has 0 atom stereocenters. The van der Waals surface area contributed by atoms with Gasteiger partial charge >= 0.3 is 0 Å². The van der Waals surface area contributed by atoms with Crippen LogP contribution in [0.15, 0.2) is 24.5 Å². The Kier molecular flexibility index (Phi) is 9.69. The molecule has 17 heavy (non-hydrogen) atoms. The molecule has 0 radical (unpaired) electrons. The first kappa shape index (κ1) is 16.1.